The third kappa shape index (κ3) is 3.17. The summed E-state index contributed by atoms with van der Waals surface area (Å²) in [6, 6.07) is 9.49. The lowest BCUT2D eigenvalue weighted by Crippen LogP contribution is -2.53. The number of amides is 2. The van der Waals surface area contributed by atoms with Gasteiger partial charge in [-0.25, -0.2) is 0 Å². The number of alkyl halides is 1. The van der Waals surface area contributed by atoms with Gasteiger partial charge in [-0.1, -0.05) is 43.2 Å². The molecule has 1 aromatic carbocycles. The number of benzene rings is 1. The molecule has 3 aliphatic rings. The monoisotopic (exact) mass is 377 g/mol. The van der Waals surface area contributed by atoms with E-state index < -0.39 is 5.79 Å². The molecule has 2 aliphatic heterocycles. The van der Waals surface area contributed by atoms with Crippen LogP contribution < -0.4 is 0 Å². The Hall–Kier alpha value is -1.43. The minimum atomic E-state index is -1.13. The summed E-state index contributed by atoms with van der Waals surface area (Å²) >= 11 is 5.95. The highest BCUT2D eigenvalue weighted by Gasteiger charge is 2.50. The van der Waals surface area contributed by atoms with E-state index in [0.29, 0.717) is 25.3 Å². The minimum Gasteiger partial charge on any atom is -0.342 e. The average molecular weight is 378 g/mol. The number of piperidine rings is 1. The predicted octanol–water partition coefficient (Wildman–Crippen LogP) is 3.20. The fourth-order valence-electron chi connectivity index (χ4n) is 4.56. The molecule has 2 saturated heterocycles. The Labute approximate surface area is 158 Å². The van der Waals surface area contributed by atoms with Gasteiger partial charge >= 0.3 is 0 Å². The standard InChI is InChI=1S/C20H24ClNO4/c21-12-16-13-25-20(26-16,15-6-2-1-3-7-15)14-22-17(23)10-19(11-18(22)24)8-4-5-9-19/h1-3,6-7,16H,4-5,8-14H2/t16-,20+/m0/s1. The molecule has 3 fully saturated rings. The first-order valence-corrected chi connectivity index (χ1v) is 9.86. The minimum absolute atomic E-state index is 0.0815. The summed E-state index contributed by atoms with van der Waals surface area (Å²) in [6.45, 7) is 0.427. The Bertz CT molecular complexity index is 668. The molecule has 2 heterocycles. The molecule has 6 heteroatoms. The summed E-state index contributed by atoms with van der Waals surface area (Å²) in [5.41, 5.74) is 0.690. The molecule has 1 aromatic rings. The number of likely N-dealkylation sites (tertiary alicyclic amines) is 1. The van der Waals surface area contributed by atoms with E-state index >= 15 is 0 Å². The van der Waals surface area contributed by atoms with Gasteiger partial charge in [0.05, 0.1) is 25.1 Å². The van der Waals surface area contributed by atoms with Gasteiger partial charge in [-0.05, 0) is 18.3 Å². The van der Waals surface area contributed by atoms with Gasteiger partial charge < -0.3 is 9.47 Å². The van der Waals surface area contributed by atoms with Crippen molar-refractivity contribution in [3.63, 3.8) is 0 Å². The second-order valence-electron chi connectivity index (χ2n) is 7.76. The summed E-state index contributed by atoms with van der Waals surface area (Å²) < 4.78 is 12.1. The van der Waals surface area contributed by atoms with Crippen molar-refractivity contribution in [2.75, 3.05) is 19.0 Å². The van der Waals surface area contributed by atoms with Crippen LogP contribution >= 0.6 is 11.6 Å². The molecule has 1 aliphatic carbocycles. The van der Waals surface area contributed by atoms with Gasteiger partial charge in [-0.3, -0.25) is 14.5 Å². The first kappa shape index (κ1) is 18.0. The first-order chi connectivity index (χ1) is 12.6. The molecule has 0 aromatic heterocycles. The van der Waals surface area contributed by atoms with Crippen LogP contribution in [0.4, 0.5) is 0 Å². The van der Waals surface area contributed by atoms with Gasteiger partial charge in [0, 0.05) is 18.4 Å². The van der Waals surface area contributed by atoms with E-state index in [2.05, 4.69) is 0 Å². The molecule has 2 amide bonds. The average Bonchev–Trinajstić information content (AvgIpc) is 3.27. The van der Waals surface area contributed by atoms with Crippen LogP contribution in [0.15, 0.2) is 30.3 Å². The quantitative estimate of drug-likeness (QED) is 0.597. The highest BCUT2D eigenvalue weighted by atomic mass is 35.5. The fraction of sp³-hybridized carbons (Fsp3) is 0.600. The molecular weight excluding hydrogens is 354 g/mol. The maximum absolute atomic E-state index is 12.8. The SMILES string of the molecule is O=C1CC2(CCCC2)CC(=O)N1C[C@@]1(c2ccccc2)OC[C@H](CCl)O1. The van der Waals surface area contributed by atoms with Crippen molar-refractivity contribution in [3.05, 3.63) is 35.9 Å². The van der Waals surface area contributed by atoms with E-state index in [0.717, 1.165) is 31.2 Å². The molecule has 2 atom stereocenters. The Morgan fingerprint density at radius 3 is 2.31 bits per heavy atom. The summed E-state index contributed by atoms with van der Waals surface area (Å²) in [4.78, 5) is 27.0. The smallest absolute Gasteiger partial charge is 0.229 e. The molecule has 140 valence electrons. The van der Waals surface area contributed by atoms with Gasteiger partial charge in [0.2, 0.25) is 17.6 Å². The van der Waals surface area contributed by atoms with Crippen LogP contribution in [0.5, 0.6) is 0 Å². The van der Waals surface area contributed by atoms with E-state index in [9.17, 15) is 9.59 Å². The number of imide groups is 1. The molecule has 0 bridgehead atoms. The number of carbonyl (C=O) groups is 2. The summed E-state index contributed by atoms with van der Waals surface area (Å²) in [5, 5.41) is 0. The largest absolute Gasteiger partial charge is 0.342 e. The molecule has 5 nitrogen and oxygen atoms in total. The number of nitrogens with zero attached hydrogens (tertiary/aromatic N) is 1. The predicted molar refractivity (Wildman–Crippen MR) is 96.5 cm³/mol. The second-order valence-corrected chi connectivity index (χ2v) is 8.07. The van der Waals surface area contributed by atoms with Gasteiger partial charge in [0.1, 0.15) is 0 Å². The lowest BCUT2D eigenvalue weighted by atomic mass is 9.76. The van der Waals surface area contributed by atoms with E-state index in [-0.39, 0.29) is 29.9 Å². The number of carbonyl (C=O) groups excluding carboxylic acids is 2. The van der Waals surface area contributed by atoms with Crippen LogP contribution in [0.2, 0.25) is 0 Å². The maximum atomic E-state index is 12.8. The first-order valence-electron chi connectivity index (χ1n) is 9.32. The molecular formula is C20H24ClNO4. The molecule has 26 heavy (non-hydrogen) atoms. The number of halogens is 1. The van der Waals surface area contributed by atoms with E-state index in [1.807, 2.05) is 30.3 Å². The number of rotatable bonds is 4. The zero-order chi connectivity index (χ0) is 18.2. The normalized spacial score (nSPS) is 31.1. The third-order valence-electron chi connectivity index (χ3n) is 5.93. The number of ether oxygens (including phenoxy) is 2. The van der Waals surface area contributed by atoms with Crippen molar-refractivity contribution >= 4 is 23.4 Å². The van der Waals surface area contributed by atoms with Crippen molar-refractivity contribution < 1.29 is 19.1 Å². The zero-order valence-corrected chi connectivity index (χ0v) is 15.5. The van der Waals surface area contributed by atoms with Crippen LogP contribution in [0, 0.1) is 5.41 Å². The Kier molecular flexibility index (Phi) is 4.80. The molecule has 0 radical (unpaired) electrons. The van der Waals surface area contributed by atoms with Crippen molar-refractivity contribution in [2.24, 2.45) is 5.41 Å². The van der Waals surface area contributed by atoms with Crippen molar-refractivity contribution in [3.8, 4) is 0 Å². The van der Waals surface area contributed by atoms with Crippen LogP contribution in [-0.4, -0.2) is 41.8 Å². The summed E-state index contributed by atoms with van der Waals surface area (Å²) in [6.07, 6.45) is 4.81. The summed E-state index contributed by atoms with van der Waals surface area (Å²) in [7, 11) is 0. The highest BCUT2D eigenvalue weighted by Crippen LogP contribution is 2.47. The van der Waals surface area contributed by atoms with Crippen LogP contribution in [-0.2, 0) is 24.8 Å². The fourth-order valence-corrected chi connectivity index (χ4v) is 4.71. The molecule has 0 unspecified atom stereocenters. The Morgan fingerprint density at radius 2 is 1.73 bits per heavy atom. The summed E-state index contributed by atoms with van der Waals surface area (Å²) in [5.74, 6) is -1.05. The Morgan fingerprint density at radius 1 is 1.08 bits per heavy atom. The van der Waals surface area contributed by atoms with Gasteiger partial charge in [-0.2, -0.15) is 0 Å². The second kappa shape index (κ2) is 6.95. The van der Waals surface area contributed by atoms with Gasteiger partial charge in [-0.15, -0.1) is 11.6 Å². The van der Waals surface area contributed by atoms with Crippen molar-refractivity contribution in [1.29, 1.82) is 0 Å². The molecule has 0 N–H and O–H groups in total. The van der Waals surface area contributed by atoms with Crippen molar-refractivity contribution in [1.82, 2.24) is 4.90 Å². The van der Waals surface area contributed by atoms with E-state index in [1.54, 1.807) is 0 Å². The number of hydrogen-bond donors (Lipinski definition) is 0. The third-order valence-corrected chi connectivity index (χ3v) is 6.27. The van der Waals surface area contributed by atoms with E-state index in [1.165, 1.54) is 4.90 Å². The lowest BCUT2D eigenvalue weighted by Gasteiger charge is -2.40. The van der Waals surface area contributed by atoms with Crippen molar-refractivity contribution in [2.45, 2.75) is 50.4 Å². The number of hydrogen-bond acceptors (Lipinski definition) is 4. The molecule has 4 rings (SSSR count). The molecule has 1 saturated carbocycles. The van der Waals surface area contributed by atoms with Crippen LogP contribution in [0.1, 0.15) is 44.1 Å². The zero-order valence-electron chi connectivity index (χ0n) is 14.8. The van der Waals surface area contributed by atoms with Crippen LogP contribution in [0.3, 0.4) is 0 Å². The van der Waals surface area contributed by atoms with Gasteiger partial charge in [0.15, 0.2) is 0 Å². The topological polar surface area (TPSA) is 55.8 Å². The Balaban J connectivity index is 1.58. The maximum Gasteiger partial charge on any atom is 0.229 e. The highest BCUT2D eigenvalue weighted by molar-refractivity contribution is 6.18. The van der Waals surface area contributed by atoms with Gasteiger partial charge in [0.25, 0.3) is 0 Å². The van der Waals surface area contributed by atoms with E-state index in [4.69, 9.17) is 21.1 Å². The molecule has 1 spiro atoms. The van der Waals surface area contributed by atoms with Crippen LogP contribution in [0.25, 0.3) is 0 Å². The lowest BCUT2D eigenvalue weighted by molar-refractivity contribution is -0.197.